The minimum absolute atomic E-state index is 0.0413. The first-order chi connectivity index (χ1) is 17.7. The number of rotatable bonds is 12. The number of nitrogens with one attached hydrogen (secondary N) is 1. The topological polar surface area (TPSA) is 78.3 Å². The van der Waals surface area contributed by atoms with Crippen LogP contribution in [-0.4, -0.2) is 53.3 Å². The zero-order valence-electron chi connectivity index (χ0n) is 21.4. The van der Waals surface area contributed by atoms with E-state index < -0.39 is 0 Å². The van der Waals surface area contributed by atoms with Gasteiger partial charge in [-0.1, -0.05) is 55.3 Å². The molecule has 1 saturated carbocycles. The highest BCUT2D eigenvalue weighted by Gasteiger charge is 2.19. The smallest absolute Gasteiger partial charge is 0.220 e. The minimum atomic E-state index is 0.0413. The highest BCUT2D eigenvalue weighted by Crippen LogP contribution is 2.31. The number of hydrogen-bond acceptors (Lipinski definition) is 6. The largest absolute Gasteiger partial charge is 0.497 e. The first-order valence-electron chi connectivity index (χ1n) is 13.0. The van der Waals surface area contributed by atoms with E-state index in [0.29, 0.717) is 25.8 Å². The quantitative estimate of drug-likeness (QED) is 0.391. The van der Waals surface area contributed by atoms with Gasteiger partial charge in [0, 0.05) is 38.3 Å². The van der Waals surface area contributed by atoms with E-state index in [2.05, 4.69) is 32.2 Å². The Bertz CT molecular complexity index is 1060. The SMILES string of the molecule is COc1cccc(-n2c(CCCC(=O)NCC3=CC=CCC3OC)nnc2SCC2CCCCC2)c1. The van der Waals surface area contributed by atoms with Gasteiger partial charge in [-0.25, -0.2) is 0 Å². The van der Waals surface area contributed by atoms with E-state index >= 15 is 0 Å². The third kappa shape index (κ3) is 7.23. The van der Waals surface area contributed by atoms with Crippen LogP contribution in [0.4, 0.5) is 0 Å². The van der Waals surface area contributed by atoms with Crippen LogP contribution in [0.1, 0.15) is 57.2 Å². The van der Waals surface area contributed by atoms with Crippen LogP contribution in [0, 0.1) is 5.92 Å². The summed E-state index contributed by atoms with van der Waals surface area (Å²) in [5.41, 5.74) is 2.10. The van der Waals surface area contributed by atoms with Crippen LogP contribution in [-0.2, 0) is 16.0 Å². The van der Waals surface area contributed by atoms with Crippen molar-refractivity contribution in [2.24, 2.45) is 5.92 Å². The van der Waals surface area contributed by atoms with Crippen LogP contribution >= 0.6 is 11.8 Å². The lowest BCUT2D eigenvalue weighted by Gasteiger charge is -2.21. The normalized spacial score (nSPS) is 18.2. The Labute approximate surface area is 218 Å². The molecule has 194 valence electrons. The van der Waals surface area contributed by atoms with Crippen molar-refractivity contribution < 1.29 is 14.3 Å². The van der Waals surface area contributed by atoms with Gasteiger partial charge in [-0.2, -0.15) is 0 Å². The maximum absolute atomic E-state index is 12.5. The summed E-state index contributed by atoms with van der Waals surface area (Å²) in [4.78, 5) is 12.5. The van der Waals surface area contributed by atoms with Crippen molar-refractivity contribution >= 4 is 17.7 Å². The minimum Gasteiger partial charge on any atom is -0.497 e. The molecule has 2 aliphatic carbocycles. The van der Waals surface area contributed by atoms with Gasteiger partial charge < -0.3 is 14.8 Å². The Kier molecular flexibility index (Phi) is 10.0. The second-order valence-electron chi connectivity index (χ2n) is 9.51. The van der Waals surface area contributed by atoms with Crippen LogP contribution in [0.15, 0.2) is 53.2 Å². The van der Waals surface area contributed by atoms with Crippen molar-refractivity contribution in [3.63, 3.8) is 0 Å². The summed E-state index contributed by atoms with van der Waals surface area (Å²) in [6, 6.07) is 8.01. The lowest BCUT2D eigenvalue weighted by molar-refractivity contribution is -0.121. The lowest BCUT2D eigenvalue weighted by atomic mass is 9.91. The van der Waals surface area contributed by atoms with Gasteiger partial charge in [0.25, 0.3) is 0 Å². The van der Waals surface area contributed by atoms with E-state index in [4.69, 9.17) is 9.47 Å². The monoisotopic (exact) mass is 510 g/mol. The average Bonchev–Trinajstić information content (AvgIpc) is 3.34. The number of ether oxygens (including phenoxy) is 2. The summed E-state index contributed by atoms with van der Waals surface area (Å²) in [6.45, 7) is 0.517. The summed E-state index contributed by atoms with van der Waals surface area (Å²) >= 11 is 1.79. The predicted octanol–water partition coefficient (Wildman–Crippen LogP) is 5.29. The third-order valence-electron chi connectivity index (χ3n) is 6.97. The highest BCUT2D eigenvalue weighted by atomic mass is 32.2. The molecular weight excluding hydrogens is 472 g/mol. The number of aromatic nitrogens is 3. The molecule has 1 heterocycles. The van der Waals surface area contributed by atoms with Gasteiger partial charge in [0.05, 0.1) is 18.9 Å². The highest BCUT2D eigenvalue weighted by molar-refractivity contribution is 7.99. The van der Waals surface area contributed by atoms with E-state index in [1.165, 1.54) is 32.1 Å². The van der Waals surface area contributed by atoms with Gasteiger partial charge in [-0.05, 0) is 49.3 Å². The van der Waals surface area contributed by atoms with E-state index in [-0.39, 0.29) is 12.0 Å². The molecule has 0 bridgehead atoms. The summed E-state index contributed by atoms with van der Waals surface area (Å²) in [7, 11) is 3.39. The molecule has 36 heavy (non-hydrogen) atoms. The Morgan fingerprint density at radius 2 is 2.06 bits per heavy atom. The standard InChI is InChI=1S/C28H38N4O3S/c1-34-24-14-8-13-23(18-24)32-26(30-31-28(32)36-20-21-10-4-3-5-11-21)16-9-17-27(33)29-19-22-12-6-7-15-25(22)35-2/h6-8,12-14,18,21,25H,3-5,9-11,15-17,19-20H2,1-2H3,(H,29,33). The van der Waals surface area contributed by atoms with Crippen LogP contribution in [0.3, 0.4) is 0 Å². The molecule has 2 aromatic rings. The molecule has 7 nitrogen and oxygen atoms in total. The number of nitrogens with zero attached hydrogens (tertiary/aromatic N) is 3. The van der Waals surface area contributed by atoms with Crippen LogP contribution < -0.4 is 10.1 Å². The maximum Gasteiger partial charge on any atom is 0.220 e. The summed E-state index contributed by atoms with van der Waals surface area (Å²) in [5.74, 6) is 3.54. The van der Waals surface area contributed by atoms with E-state index in [9.17, 15) is 4.79 Å². The molecule has 2 aliphatic rings. The lowest BCUT2D eigenvalue weighted by Crippen LogP contribution is -2.30. The first kappa shape index (κ1) is 26.5. The molecule has 4 rings (SSSR count). The molecule has 8 heteroatoms. The van der Waals surface area contributed by atoms with Gasteiger partial charge >= 0.3 is 0 Å². The molecule has 1 atom stereocenters. The fraction of sp³-hybridized carbons (Fsp3) is 0.536. The molecule has 0 spiro atoms. The van der Waals surface area contributed by atoms with Crippen molar-refractivity contribution in [1.82, 2.24) is 20.1 Å². The Hall–Kier alpha value is -2.58. The zero-order chi connectivity index (χ0) is 25.2. The summed E-state index contributed by atoms with van der Waals surface area (Å²) in [5, 5.41) is 13.0. The fourth-order valence-corrected chi connectivity index (χ4v) is 6.04. The first-order valence-corrected chi connectivity index (χ1v) is 14.0. The summed E-state index contributed by atoms with van der Waals surface area (Å²) < 4.78 is 13.1. The van der Waals surface area contributed by atoms with Crippen molar-refractivity contribution in [3.8, 4) is 11.4 Å². The van der Waals surface area contributed by atoms with Gasteiger partial charge in [-0.3, -0.25) is 9.36 Å². The number of carbonyl (C=O) groups is 1. The number of amides is 1. The molecule has 1 aromatic carbocycles. The molecule has 0 saturated heterocycles. The molecule has 0 aliphatic heterocycles. The van der Waals surface area contributed by atoms with E-state index in [0.717, 1.165) is 46.1 Å². The van der Waals surface area contributed by atoms with Gasteiger partial charge in [0.1, 0.15) is 11.6 Å². The third-order valence-corrected chi connectivity index (χ3v) is 8.13. The van der Waals surface area contributed by atoms with E-state index in [1.807, 2.05) is 30.4 Å². The number of carbonyl (C=O) groups excluding carboxylic acids is 1. The second kappa shape index (κ2) is 13.7. The molecule has 1 N–H and O–H groups in total. The number of methoxy groups -OCH3 is 2. The average molecular weight is 511 g/mol. The molecule has 1 amide bonds. The van der Waals surface area contributed by atoms with Crippen LogP contribution in [0.25, 0.3) is 5.69 Å². The number of hydrogen-bond donors (Lipinski definition) is 1. The Morgan fingerprint density at radius 1 is 1.19 bits per heavy atom. The number of aryl methyl sites for hydroxylation is 1. The number of allylic oxidation sites excluding steroid dienone is 2. The van der Waals surface area contributed by atoms with E-state index in [1.54, 1.807) is 26.0 Å². The zero-order valence-corrected chi connectivity index (χ0v) is 22.3. The van der Waals surface area contributed by atoms with Crippen molar-refractivity contribution in [2.75, 3.05) is 26.5 Å². The fourth-order valence-electron chi connectivity index (χ4n) is 4.88. The van der Waals surface area contributed by atoms with Crippen molar-refractivity contribution in [2.45, 2.75) is 69.0 Å². The number of benzene rings is 1. The summed E-state index contributed by atoms with van der Waals surface area (Å²) in [6.07, 6.45) is 15.5. The number of thioether (sulfide) groups is 1. The predicted molar refractivity (Wildman–Crippen MR) is 144 cm³/mol. The van der Waals surface area contributed by atoms with Gasteiger partial charge in [0.15, 0.2) is 5.16 Å². The Balaban J connectivity index is 1.37. The van der Waals surface area contributed by atoms with Crippen molar-refractivity contribution in [1.29, 1.82) is 0 Å². The van der Waals surface area contributed by atoms with Gasteiger partial charge in [-0.15, -0.1) is 10.2 Å². The van der Waals surface area contributed by atoms with Gasteiger partial charge in [0.2, 0.25) is 5.91 Å². The Morgan fingerprint density at radius 3 is 2.86 bits per heavy atom. The molecule has 1 fully saturated rings. The molecule has 1 unspecified atom stereocenters. The van der Waals surface area contributed by atoms with Crippen molar-refractivity contribution in [3.05, 3.63) is 53.9 Å². The molecule has 0 radical (unpaired) electrons. The second-order valence-corrected chi connectivity index (χ2v) is 10.5. The van der Waals surface area contributed by atoms with Crippen LogP contribution in [0.5, 0.6) is 5.75 Å². The van der Waals surface area contributed by atoms with Crippen LogP contribution in [0.2, 0.25) is 0 Å². The maximum atomic E-state index is 12.5. The molecular formula is C28H38N4O3S. The molecule has 1 aromatic heterocycles.